The highest BCUT2D eigenvalue weighted by Crippen LogP contribution is 2.20. The van der Waals surface area contributed by atoms with Gasteiger partial charge in [0.25, 0.3) is 0 Å². The first kappa shape index (κ1) is 14.3. The van der Waals surface area contributed by atoms with E-state index < -0.39 is 0 Å². The third-order valence-electron chi connectivity index (χ3n) is 2.68. The van der Waals surface area contributed by atoms with Crippen molar-refractivity contribution in [1.29, 1.82) is 0 Å². The molecule has 1 atom stereocenters. The summed E-state index contributed by atoms with van der Waals surface area (Å²) >= 11 is 3.35. The molecule has 1 aromatic heterocycles. The van der Waals surface area contributed by atoms with Gasteiger partial charge in [-0.05, 0) is 22.4 Å². The van der Waals surface area contributed by atoms with Crippen LogP contribution in [0.4, 0.5) is 0 Å². The van der Waals surface area contributed by atoms with Crippen LogP contribution in [0.25, 0.3) is 0 Å². The molecule has 0 amide bonds. The Kier molecular flexibility index (Phi) is 5.80. The second kappa shape index (κ2) is 6.88. The molecule has 17 heavy (non-hydrogen) atoms. The maximum atomic E-state index is 12.3. The van der Waals surface area contributed by atoms with Crippen LogP contribution < -0.4 is 5.73 Å². The smallest absolute Gasteiger partial charge is 0.186 e. The summed E-state index contributed by atoms with van der Waals surface area (Å²) in [5.74, 6) is -0.111. The molecule has 0 spiro atoms. The summed E-state index contributed by atoms with van der Waals surface area (Å²) < 4.78 is 7.37. The number of nitrogens with zero attached hydrogens (tertiary/aromatic N) is 2. The van der Waals surface area contributed by atoms with E-state index >= 15 is 0 Å². The summed E-state index contributed by atoms with van der Waals surface area (Å²) in [6, 6.07) is 0. The van der Waals surface area contributed by atoms with E-state index in [1.165, 1.54) is 0 Å². The summed E-state index contributed by atoms with van der Waals surface area (Å²) in [6.07, 6.45) is 2.36. The Morgan fingerprint density at radius 3 is 2.94 bits per heavy atom. The molecule has 6 heteroatoms. The molecule has 0 saturated carbocycles. The van der Waals surface area contributed by atoms with Gasteiger partial charge in [0.15, 0.2) is 5.78 Å². The number of hydrogen-bond donors (Lipinski definition) is 1. The SMILES string of the molecule is CCC(CN)C(=O)c1c(Br)cnn1CCOC. The average Bonchev–Trinajstić information content (AvgIpc) is 2.69. The van der Waals surface area contributed by atoms with E-state index in [9.17, 15) is 4.79 Å². The lowest BCUT2D eigenvalue weighted by molar-refractivity contribution is 0.0906. The second-order valence-corrected chi connectivity index (χ2v) is 4.62. The van der Waals surface area contributed by atoms with E-state index in [2.05, 4.69) is 21.0 Å². The van der Waals surface area contributed by atoms with Gasteiger partial charge in [0.05, 0.1) is 23.8 Å². The van der Waals surface area contributed by atoms with E-state index in [1.54, 1.807) is 18.0 Å². The zero-order valence-corrected chi connectivity index (χ0v) is 11.7. The summed E-state index contributed by atoms with van der Waals surface area (Å²) in [4.78, 5) is 12.3. The van der Waals surface area contributed by atoms with Gasteiger partial charge in [0, 0.05) is 19.6 Å². The van der Waals surface area contributed by atoms with E-state index in [1.807, 2.05) is 6.92 Å². The molecule has 0 aliphatic carbocycles. The number of carbonyl (C=O) groups excluding carboxylic acids is 1. The fraction of sp³-hybridized carbons (Fsp3) is 0.636. The number of hydrogen-bond acceptors (Lipinski definition) is 4. The molecule has 1 unspecified atom stereocenters. The van der Waals surface area contributed by atoms with Gasteiger partial charge < -0.3 is 10.5 Å². The van der Waals surface area contributed by atoms with Crippen molar-refractivity contribution in [2.45, 2.75) is 19.9 Å². The number of Topliss-reactive ketones (excluding diaryl/α,β-unsaturated/α-hetero) is 1. The van der Waals surface area contributed by atoms with Crippen LogP contribution in [0.2, 0.25) is 0 Å². The topological polar surface area (TPSA) is 70.1 Å². The summed E-state index contributed by atoms with van der Waals surface area (Å²) in [5.41, 5.74) is 6.18. The Labute approximate surface area is 109 Å². The number of rotatable bonds is 7. The first-order chi connectivity index (χ1) is 8.15. The third kappa shape index (κ3) is 3.37. The maximum absolute atomic E-state index is 12.3. The van der Waals surface area contributed by atoms with Crippen molar-refractivity contribution in [1.82, 2.24) is 9.78 Å². The number of nitrogens with two attached hydrogens (primary N) is 1. The molecule has 96 valence electrons. The molecule has 1 heterocycles. The van der Waals surface area contributed by atoms with Crippen molar-refractivity contribution >= 4 is 21.7 Å². The van der Waals surface area contributed by atoms with Gasteiger partial charge in [-0.15, -0.1) is 0 Å². The molecule has 2 N–H and O–H groups in total. The molecule has 0 aromatic carbocycles. The van der Waals surface area contributed by atoms with Crippen LogP contribution in [0, 0.1) is 5.92 Å². The Bertz CT molecular complexity index is 375. The summed E-state index contributed by atoms with van der Waals surface area (Å²) in [5, 5.41) is 4.15. The fourth-order valence-electron chi connectivity index (χ4n) is 1.61. The van der Waals surface area contributed by atoms with Crippen molar-refractivity contribution in [3.63, 3.8) is 0 Å². The minimum Gasteiger partial charge on any atom is -0.383 e. The summed E-state index contributed by atoms with van der Waals surface area (Å²) in [6.45, 7) is 3.40. The highest BCUT2D eigenvalue weighted by atomic mass is 79.9. The van der Waals surface area contributed by atoms with Gasteiger partial charge >= 0.3 is 0 Å². The molecule has 0 aliphatic heterocycles. The molecule has 5 nitrogen and oxygen atoms in total. The van der Waals surface area contributed by atoms with Crippen molar-refractivity contribution in [2.75, 3.05) is 20.3 Å². The van der Waals surface area contributed by atoms with Crippen molar-refractivity contribution < 1.29 is 9.53 Å². The lowest BCUT2D eigenvalue weighted by Crippen LogP contribution is -2.26. The van der Waals surface area contributed by atoms with Crippen molar-refractivity contribution in [3.05, 3.63) is 16.4 Å². The van der Waals surface area contributed by atoms with Gasteiger partial charge in [0.1, 0.15) is 5.69 Å². The lowest BCUT2D eigenvalue weighted by Gasteiger charge is -2.13. The van der Waals surface area contributed by atoms with E-state index in [-0.39, 0.29) is 11.7 Å². The number of carbonyl (C=O) groups is 1. The van der Waals surface area contributed by atoms with E-state index in [4.69, 9.17) is 10.5 Å². The van der Waals surface area contributed by atoms with Crippen molar-refractivity contribution in [3.8, 4) is 0 Å². The average molecular weight is 304 g/mol. The quantitative estimate of drug-likeness (QED) is 0.774. The van der Waals surface area contributed by atoms with Crippen molar-refractivity contribution in [2.24, 2.45) is 11.7 Å². The van der Waals surface area contributed by atoms with Gasteiger partial charge in [-0.3, -0.25) is 9.48 Å². The number of methoxy groups -OCH3 is 1. The predicted molar refractivity (Wildman–Crippen MR) is 69.0 cm³/mol. The van der Waals surface area contributed by atoms with Crippen LogP contribution in [0.1, 0.15) is 23.8 Å². The summed E-state index contributed by atoms with van der Waals surface area (Å²) in [7, 11) is 1.62. The molecular weight excluding hydrogens is 286 g/mol. The molecule has 0 fully saturated rings. The minimum absolute atomic E-state index is 0.0375. The van der Waals surface area contributed by atoms with E-state index in [0.717, 1.165) is 6.42 Å². The lowest BCUT2D eigenvalue weighted by atomic mass is 9.99. The third-order valence-corrected chi connectivity index (χ3v) is 3.26. The van der Waals surface area contributed by atoms with Crippen LogP contribution >= 0.6 is 15.9 Å². The molecule has 0 saturated heterocycles. The number of ether oxygens (including phenoxy) is 1. The molecule has 1 rings (SSSR count). The first-order valence-electron chi connectivity index (χ1n) is 5.60. The molecule has 0 bridgehead atoms. The monoisotopic (exact) mass is 303 g/mol. The maximum Gasteiger partial charge on any atom is 0.186 e. The van der Waals surface area contributed by atoms with Gasteiger partial charge in [0.2, 0.25) is 0 Å². The van der Waals surface area contributed by atoms with Crippen LogP contribution in [0.15, 0.2) is 10.7 Å². The van der Waals surface area contributed by atoms with Crippen LogP contribution in [-0.4, -0.2) is 35.8 Å². The van der Waals surface area contributed by atoms with Gasteiger partial charge in [-0.1, -0.05) is 6.92 Å². The van der Waals surface area contributed by atoms with Gasteiger partial charge in [-0.2, -0.15) is 5.10 Å². The molecule has 0 aliphatic rings. The fourth-order valence-corrected chi connectivity index (χ4v) is 2.10. The van der Waals surface area contributed by atoms with Crippen LogP contribution in [0.3, 0.4) is 0 Å². The van der Waals surface area contributed by atoms with Crippen LogP contribution in [-0.2, 0) is 11.3 Å². The largest absolute Gasteiger partial charge is 0.383 e. The predicted octanol–water partition coefficient (Wildman–Crippen LogP) is 1.46. The van der Waals surface area contributed by atoms with Crippen LogP contribution in [0.5, 0.6) is 0 Å². The Morgan fingerprint density at radius 1 is 1.71 bits per heavy atom. The minimum atomic E-state index is -0.149. The van der Waals surface area contributed by atoms with Gasteiger partial charge in [-0.25, -0.2) is 0 Å². The zero-order valence-electron chi connectivity index (χ0n) is 10.1. The Balaban J connectivity index is 2.94. The first-order valence-corrected chi connectivity index (χ1v) is 6.39. The Morgan fingerprint density at radius 2 is 2.41 bits per heavy atom. The Hall–Kier alpha value is -0.720. The van der Waals surface area contributed by atoms with E-state index in [0.29, 0.717) is 29.9 Å². The highest BCUT2D eigenvalue weighted by molar-refractivity contribution is 9.10. The number of halogens is 1. The number of ketones is 1. The number of aromatic nitrogens is 2. The zero-order chi connectivity index (χ0) is 12.8. The standard InChI is InChI=1S/C11H18BrN3O2/c1-3-8(6-13)11(16)10-9(12)7-14-15(10)4-5-17-2/h7-8H,3-6,13H2,1-2H3. The second-order valence-electron chi connectivity index (χ2n) is 3.76. The highest BCUT2D eigenvalue weighted by Gasteiger charge is 2.23. The molecular formula is C11H18BrN3O2. The molecule has 1 aromatic rings. The normalized spacial score (nSPS) is 12.7. The molecule has 0 radical (unpaired) electrons.